The van der Waals surface area contributed by atoms with Gasteiger partial charge >= 0.3 is 0 Å². The zero-order valence-corrected chi connectivity index (χ0v) is 19.1. The summed E-state index contributed by atoms with van der Waals surface area (Å²) in [7, 11) is 0. The molecular weight excluding hydrogens is 418 g/mol. The van der Waals surface area contributed by atoms with Crippen LogP contribution in [0.15, 0.2) is 69.4 Å². The minimum atomic E-state index is -0.414. The molecule has 0 radical (unpaired) electrons. The Morgan fingerprint density at radius 1 is 1.14 bits per heavy atom. The summed E-state index contributed by atoms with van der Waals surface area (Å²) in [5, 5.41) is 11.2. The average molecular weight is 442 g/mol. The van der Waals surface area contributed by atoms with Crippen molar-refractivity contribution in [2.24, 2.45) is 0 Å². The molecule has 1 N–H and O–H groups in total. The first kappa shape index (κ1) is 21.6. The van der Waals surface area contributed by atoms with E-state index >= 15 is 0 Å². The highest BCUT2D eigenvalue weighted by Crippen LogP contribution is 2.39. The van der Waals surface area contributed by atoms with Gasteiger partial charge in [-0.15, -0.1) is 10.2 Å². The van der Waals surface area contributed by atoms with Crippen LogP contribution in [-0.2, 0) is 4.79 Å². The molecule has 0 spiro atoms. The summed E-state index contributed by atoms with van der Waals surface area (Å²) in [6.45, 7) is 9.93. The van der Waals surface area contributed by atoms with Crippen LogP contribution in [0.3, 0.4) is 0 Å². The second-order valence-corrected chi connectivity index (χ2v) is 10.3. The van der Waals surface area contributed by atoms with Gasteiger partial charge in [-0.25, -0.2) is 0 Å². The van der Waals surface area contributed by atoms with Crippen molar-refractivity contribution in [3.63, 3.8) is 0 Å². The van der Waals surface area contributed by atoms with Gasteiger partial charge in [-0.2, -0.15) is 0 Å². The number of hydrogen-bond acceptors (Lipinski definition) is 6. The van der Waals surface area contributed by atoms with E-state index in [4.69, 9.17) is 0 Å². The lowest BCUT2D eigenvalue weighted by molar-refractivity contribution is -0.115. The molecule has 7 heteroatoms. The number of benzene rings is 2. The molecule has 29 heavy (non-hydrogen) atoms. The molecule has 1 atom stereocenters. The van der Waals surface area contributed by atoms with E-state index in [2.05, 4.69) is 22.1 Å². The number of hydrogen-bond donors (Lipinski definition) is 1. The van der Waals surface area contributed by atoms with E-state index in [9.17, 15) is 4.79 Å². The fraction of sp³-hybridized carbons (Fsp3) is 0.227. The van der Waals surface area contributed by atoms with Crippen LogP contribution < -0.4 is 5.32 Å². The van der Waals surface area contributed by atoms with Crippen LogP contribution in [0.1, 0.15) is 28.9 Å². The van der Waals surface area contributed by atoms with Gasteiger partial charge in [-0.3, -0.25) is 4.79 Å². The van der Waals surface area contributed by atoms with Crippen molar-refractivity contribution in [2.45, 2.75) is 34.7 Å². The topological polar surface area (TPSA) is 54.9 Å². The van der Waals surface area contributed by atoms with Gasteiger partial charge in [0, 0.05) is 11.4 Å². The number of anilines is 1. The first-order chi connectivity index (χ1) is 13.9. The van der Waals surface area contributed by atoms with Crippen LogP contribution in [-0.4, -0.2) is 21.9 Å². The molecule has 0 unspecified atom stereocenters. The van der Waals surface area contributed by atoms with Gasteiger partial charge < -0.3 is 5.32 Å². The molecule has 0 saturated carbocycles. The van der Waals surface area contributed by atoms with Crippen molar-refractivity contribution in [3.8, 4) is 0 Å². The minimum Gasteiger partial charge on any atom is -0.325 e. The van der Waals surface area contributed by atoms with Gasteiger partial charge in [0.05, 0.1) is 0 Å². The summed E-state index contributed by atoms with van der Waals surface area (Å²) < 4.78 is 1.66. The van der Waals surface area contributed by atoms with Crippen LogP contribution in [0.25, 0.3) is 0 Å². The Morgan fingerprint density at radius 2 is 1.86 bits per heavy atom. The third-order valence-electron chi connectivity index (χ3n) is 4.04. The monoisotopic (exact) mass is 441 g/mol. The number of aromatic nitrogens is 2. The largest absolute Gasteiger partial charge is 0.325 e. The highest BCUT2D eigenvalue weighted by molar-refractivity contribution is 8.03. The van der Waals surface area contributed by atoms with Gasteiger partial charge in [0.1, 0.15) is 5.25 Å². The van der Waals surface area contributed by atoms with Crippen molar-refractivity contribution in [3.05, 3.63) is 77.4 Å². The standard InChI is InChI=1S/C22H23N3OS3/c1-14(2)13-27-21-24-25-22(29-21)28-19(17-8-6-5-7-9-17)20(26)23-18-12-15(3)10-11-16(18)4/h5-12,19H,1,13H2,2-4H3,(H,23,26)/t19-/m0/s1. The van der Waals surface area contributed by atoms with Crippen LogP contribution >= 0.6 is 34.9 Å². The maximum atomic E-state index is 13.2. The quantitative estimate of drug-likeness (QED) is 0.329. The molecule has 0 aliphatic heterocycles. The number of nitrogens with zero attached hydrogens (tertiary/aromatic N) is 2. The van der Waals surface area contributed by atoms with Crippen molar-refractivity contribution in [1.82, 2.24) is 10.2 Å². The summed E-state index contributed by atoms with van der Waals surface area (Å²) in [5.41, 5.74) is 5.01. The van der Waals surface area contributed by atoms with Crippen molar-refractivity contribution >= 4 is 46.5 Å². The maximum Gasteiger partial charge on any atom is 0.242 e. The summed E-state index contributed by atoms with van der Waals surface area (Å²) in [6, 6.07) is 15.8. The highest BCUT2D eigenvalue weighted by Gasteiger charge is 2.24. The van der Waals surface area contributed by atoms with Crippen molar-refractivity contribution in [1.29, 1.82) is 0 Å². The Bertz CT molecular complexity index is 1000. The molecule has 0 aliphatic rings. The summed E-state index contributed by atoms with van der Waals surface area (Å²) >= 11 is 4.56. The number of thioether (sulfide) groups is 2. The number of nitrogens with one attached hydrogen (secondary N) is 1. The molecule has 4 nitrogen and oxygen atoms in total. The predicted octanol–water partition coefficient (Wildman–Crippen LogP) is 6.30. The smallest absolute Gasteiger partial charge is 0.242 e. The van der Waals surface area contributed by atoms with Gasteiger partial charge in [0.25, 0.3) is 0 Å². The highest BCUT2D eigenvalue weighted by atomic mass is 32.2. The van der Waals surface area contributed by atoms with Crippen LogP contribution in [0, 0.1) is 13.8 Å². The van der Waals surface area contributed by atoms with E-state index in [1.165, 1.54) is 23.1 Å². The molecular formula is C22H23N3OS3. The fourth-order valence-corrected chi connectivity index (χ4v) is 5.61. The average Bonchev–Trinajstić information content (AvgIpc) is 3.15. The third-order valence-corrected chi connectivity index (χ3v) is 7.67. The Hall–Kier alpha value is -2.09. The number of amides is 1. The lowest BCUT2D eigenvalue weighted by Gasteiger charge is -2.17. The number of carbonyl (C=O) groups excluding carboxylic acids is 1. The van der Waals surface area contributed by atoms with E-state index in [1.807, 2.05) is 69.3 Å². The predicted molar refractivity (Wildman–Crippen MR) is 125 cm³/mol. The molecule has 1 aromatic heterocycles. The molecule has 0 saturated heterocycles. The molecule has 1 heterocycles. The molecule has 0 bridgehead atoms. The van der Waals surface area contributed by atoms with Gasteiger partial charge in [-0.05, 0) is 43.5 Å². The third kappa shape index (κ3) is 6.19. The first-order valence-corrected chi connectivity index (χ1v) is 11.8. The molecule has 3 aromatic rings. The SMILES string of the molecule is C=C(C)CSc1nnc(S[C@H](C(=O)Nc2cc(C)ccc2C)c2ccccc2)s1. The molecule has 3 rings (SSSR count). The zero-order chi connectivity index (χ0) is 20.8. The second kappa shape index (κ2) is 10.1. The van der Waals surface area contributed by atoms with E-state index in [1.54, 1.807) is 11.8 Å². The normalized spacial score (nSPS) is 11.8. The second-order valence-electron chi connectivity index (χ2n) is 6.80. The summed E-state index contributed by atoms with van der Waals surface area (Å²) in [4.78, 5) is 13.2. The van der Waals surface area contributed by atoms with Crippen LogP contribution in [0.5, 0.6) is 0 Å². The fourth-order valence-electron chi connectivity index (χ4n) is 2.56. The van der Waals surface area contributed by atoms with E-state index < -0.39 is 5.25 Å². The van der Waals surface area contributed by atoms with Gasteiger partial charge in [0.2, 0.25) is 5.91 Å². The Morgan fingerprint density at radius 3 is 2.59 bits per heavy atom. The molecule has 150 valence electrons. The van der Waals surface area contributed by atoms with E-state index in [0.717, 1.165) is 42.4 Å². The molecule has 1 amide bonds. The summed E-state index contributed by atoms with van der Waals surface area (Å²) in [5.74, 6) is 0.746. The minimum absolute atomic E-state index is 0.0683. The molecule has 0 fully saturated rings. The molecule has 0 aliphatic carbocycles. The number of carbonyl (C=O) groups is 1. The Labute approximate surface area is 184 Å². The number of aryl methyl sites for hydroxylation is 2. The lowest BCUT2D eigenvalue weighted by atomic mass is 10.1. The Balaban J connectivity index is 1.81. The van der Waals surface area contributed by atoms with E-state index in [-0.39, 0.29) is 5.91 Å². The summed E-state index contributed by atoms with van der Waals surface area (Å²) in [6.07, 6.45) is 0. The van der Waals surface area contributed by atoms with Crippen molar-refractivity contribution in [2.75, 3.05) is 11.1 Å². The Kier molecular flexibility index (Phi) is 7.52. The van der Waals surface area contributed by atoms with Gasteiger partial charge in [-0.1, -0.05) is 89.5 Å². The first-order valence-electron chi connectivity index (χ1n) is 9.13. The van der Waals surface area contributed by atoms with Crippen molar-refractivity contribution < 1.29 is 4.79 Å². The zero-order valence-electron chi connectivity index (χ0n) is 16.6. The van der Waals surface area contributed by atoms with E-state index in [0.29, 0.717) is 0 Å². The number of rotatable bonds is 8. The molecule has 2 aromatic carbocycles. The van der Waals surface area contributed by atoms with Gasteiger partial charge in [0.15, 0.2) is 8.68 Å². The van der Waals surface area contributed by atoms with Crippen LogP contribution in [0.2, 0.25) is 0 Å². The lowest BCUT2D eigenvalue weighted by Crippen LogP contribution is -2.19. The maximum absolute atomic E-state index is 13.2. The van der Waals surface area contributed by atoms with Crippen LogP contribution in [0.4, 0.5) is 5.69 Å².